The first-order chi connectivity index (χ1) is 23.3. The minimum Gasteiger partial charge on any atom is -0.509 e. The fourth-order valence-electron chi connectivity index (χ4n) is 6.73. The van der Waals surface area contributed by atoms with Crippen molar-refractivity contribution in [1.29, 1.82) is 0 Å². The van der Waals surface area contributed by atoms with Crippen LogP contribution in [0.4, 0.5) is 0 Å². The second-order valence-electron chi connectivity index (χ2n) is 13.3. The molecular weight excluding hydrogens is 784 g/mol. The average molecular weight is 826 g/mol. The van der Waals surface area contributed by atoms with Crippen LogP contribution in [0.25, 0.3) is 44.4 Å². The van der Waals surface area contributed by atoms with Crippen LogP contribution in [0, 0.1) is 38.8 Å². The van der Waals surface area contributed by atoms with Crippen molar-refractivity contribution in [3.63, 3.8) is 0 Å². The van der Waals surface area contributed by atoms with Gasteiger partial charge < -0.3 is 9.30 Å². The first-order valence-electron chi connectivity index (χ1n) is 17.1. The maximum atomic E-state index is 6.64. The van der Waals surface area contributed by atoms with Gasteiger partial charge in [0, 0.05) is 34.5 Å². The monoisotopic (exact) mass is 825 g/mol. The molecule has 0 radical (unpaired) electrons. The first-order valence-corrected chi connectivity index (χ1v) is 17.1. The molecule has 3 heterocycles. The summed E-state index contributed by atoms with van der Waals surface area (Å²) >= 11 is 0. The van der Waals surface area contributed by atoms with Crippen molar-refractivity contribution < 1.29 is 25.8 Å². The van der Waals surface area contributed by atoms with Gasteiger partial charge in [-0.25, -0.2) is 4.98 Å². The fourth-order valence-corrected chi connectivity index (χ4v) is 6.73. The molecule has 0 unspecified atom stereocenters. The zero-order valence-corrected chi connectivity index (χ0v) is 31.4. The molecule has 0 saturated heterocycles. The van der Waals surface area contributed by atoms with Crippen LogP contribution in [0.3, 0.4) is 0 Å². The summed E-state index contributed by atoms with van der Waals surface area (Å²) in [5.41, 5.74) is 11.0. The molecule has 6 heteroatoms. The Balaban J connectivity index is 0.00000417. The second-order valence-corrected chi connectivity index (χ2v) is 13.3. The van der Waals surface area contributed by atoms with E-state index >= 15 is 0 Å². The minimum absolute atomic E-state index is 0. The third-order valence-corrected chi connectivity index (χ3v) is 9.08. The van der Waals surface area contributed by atoms with Gasteiger partial charge in [0.25, 0.3) is 0 Å². The van der Waals surface area contributed by atoms with E-state index in [-0.39, 0.29) is 21.1 Å². The van der Waals surface area contributed by atoms with E-state index in [1.807, 2.05) is 29.1 Å². The van der Waals surface area contributed by atoms with Gasteiger partial charge in [-0.1, -0.05) is 81.6 Å². The summed E-state index contributed by atoms with van der Waals surface area (Å²) in [6.45, 7) is 13.0. The number of rotatable bonds is 10. The number of ether oxygens (including phenoxy) is 1. The number of aryl methyl sites for hydroxylation is 4. The summed E-state index contributed by atoms with van der Waals surface area (Å²) in [6, 6.07) is 37.1. The molecule has 7 aromatic rings. The van der Waals surface area contributed by atoms with E-state index in [4.69, 9.17) is 14.8 Å². The Hall–Kier alpha value is -4.47. The van der Waals surface area contributed by atoms with Gasteiger partial charge in [0.1, 0.15) is 5.82 Å². The van der Waals surface area contributed by atoms with Crippen LogP contribution in [0.2, 0.25) is 0 Å². The first kappa shape index (κ1) is 34.4. The molecule has 0 spiro atoms. The normalized spacial score (nSPS) is 11.4. The molecule has 0 N–H and O–H groups in total. The van der Waals surface area contributed by atoms with E-state index in [2.05, 4.69) is 125 Å². The summed E-state index contributed by atoms with van der Waals surface area (Å²) in [6.07, 6.45) is 6.04. The van der Waals surface area contributed by atoms with E-state index < -0.39 is 0 Å². The van der Waals surface area contributed by atoms with Crippen molar-refractivity contribution in [3.05, 3.63) is 131 Å². The molecule has 250 valence electrons. The molecule has 0 aliphatic rings. The van der Waals surface area contributed by atoms with E-state index in [0.29, 0.717) is 17.4 Å². The number of hydrogen-bond acceptors (Lipinski definition) is 3. The Bertz CT molecular complexity index is 2250. The van der Waals surface area contributed by atoms with Gasteiger partial charge in [-0.15, -0.1) is 35.7 Å². The maximum Gasteiger partial charge on any atom is 2.00 e. The number of fused-ring (bicyclic) bond motifs is 3. The smallest absolute Gasteiger partial charge is 0.509 e. The molecule has 0 atom stereocenters. The van der Waals surface area contributed by atoms with Gasteiger partial charge in [-0.05, 0) is 85.5 Å². The summed E-state index contributed by atoms with van der Waals surface area (Å²) in [4.78, 5) is 4.77. The van der Waals surface area contributed by atoms with Crippen molar-refractivity contribution in [2.75, 3.05) is 0 Å². The molecule has 0 aliphatic carbocycles. The zero-order valence-electron chi connectivity index (χ0n) is 29.1. The SMILES string of the molecule is CCCc1ccc2c(c1)c1ccc(Oc3[c-]c(-n4nc(C)c(-c5ccccc5)c4C)cc(CCC(C)C)c3)[c-]c1n2-c1cc(C)ccn1.[Pt+2]. The van der Waals surface area contributed by atoms with Crippen molar-refractivity contribution in [2.24, 2.45) is 5.92 Å². The number of pyridine rings is 1. The topological polar surface area (TPSA) is 44.9 Å². The Labute approximate surface area is 304 Å². The van der Waals surface area contributed by atoms with Crippen LogP contribution in [0.1, 0.15) is 61.7 Å². The molecule has 4 aromatic carbocycles. The predicted molar refractivity (Wildman–Crippen MR) is 197 cm³/mol. The molecule has 0 amide bonds. The van der Waals surface area contributed by atoms with Crippen LogP contribution < -0.4 is 4.74 Å². The van der Waals surface area contributed by atoms with E-state index in [1.54, 1.807) is 0 Å². The molecule has 5 nitrogen and oxygen atoms in total. The number of nitrogens with zero attached hydrogens (tertiary/aromatic N) is 4. The number of aromatic nitrogens is 4. The Morgan fingerprint density at radius 2 is 1.61 bits per heavy atom. The standard InChI is InChI=1S/C43H42N4O.Pt/c1-7-11-32-16-19-40-39(25-32)38-18-17-36(27-41(38)46(40)42-22-29(4)20-21-44-42)48-37-24-33(15-14-28(2)3)23-35(26-37)47-31(6)43(30(5)45-47)34-12-9-8-10-13-34;/h8-10,12-13,16-25,28H,7,11,14-15H2,1-6H3;/q-2;+2. The molecule has 0 bridgehead atoms. The van der Waals surface area contributed by atoms with Gasteiger partial charge in [-0.2, -0.15) is 16.7 Å². The van der Waals surface area contributed by atoms with Crippen molar-refractivity contribution in [2.45, 2.75) is 67.2 Å². The molecule has 49 heavy (non-hydrogen) atoms. The van der Waals surface area contributed by atoms with Crippen LogP contribution in [0.15, 0.2) is 91.1 Å². The summed E-state index contributed by atoms with van der Waals surface area (Å²) in [5, 5.41) is 7.32. The minimum atomic E-state index is 0. The molecule has 0 aliphatic heterocycles. The third-order valence-electron chi connectivity index (χ3n) is 9.08. The third kappa shape index (κ3) is 7.00. The molecule has 3 aromatic heterocycles. The maximum absolute atomic E-state index is 6.64. The summed E-state index contributed by atoms with van der Waals surface area (Å²) < 4.78 is 10.9. The fraction of sp³-hybridized carbons (Fsp3) is 0.256. The number of hydrogen-bond donors (Lipinski definition) is 0. The predicted octanol–water partition coefficient (Wildman–Crippen LogP) is 10.9. The van der Waals surface area contributed by atoms with E-state index in [0.717, 1.165) is 81.7 Å². The van der Waals surface area contributed by atoms with Gasteiger partial charge >= 0.3 is 21.1 Å². The Morgan fingerprint density at radius 1 is 0.796 bits per heavy atom. The van der Waals surface area contributed by atoms with Gasteiger partial charge in [0.15, 0.2) is 0 Å². The van der Waals surface area contributed by atoms with E-state index in [1.165, 1.54) is 16.5 Å². The zero-order chi connectivity index (χ0) is 33.4. The van der Waals surface area contributed by atoms with Crippen LogP contribution in [-0.4, -0.2) is 19.3 Å². The van der Waals surface area contributed by atoms with Gasteiger partial charge in [0.05, 0.1) is 5.69 Å². The molecule has 0 saturated carbocycles. The quantitative estimate of drug-likeness (QED) is 0.129. The molecular formula is C43H42N4OPt. The largest absolute Gasteiger partial charge is 2.00 e. The summed E-state index contributed by atoms with van der Waals surface area (Å²) in [5.74, 6) is 2.74. The van der Waals surface area contributed by atoms with Gasteiger partial charge in [-0.3, -0.25) is 4.68 Å². The summed E-state index contributed by atoms with van der Waals surface area (Å²) in [7, 11) is 0. The van der Waals surface area contributed by atoms with E-state index in [9.17, 15) is 0 Å². The number of benzene rings is 4. The second kappa shape index (κ2) is 14.6. The van der Waals surface area contributed by atoms with Gasteiger partial charge in [0.2, 0.25) is 0 Å². The van der Waals surface area contributed by atoms with Crippen molar-refractivity contribution in [3.8, 4) is 34.1 Å². The van der Waals surface area contributed by atoms with Crippen molar-refractivity contribution in [1.82, 2.24) is 19.3 Å². The van der Waals surface area contributed by atoms with Crippen molar-refractivity contribution >= 4 is 21.8 Å². The Kier molecular flexibility index (Phi) is 10.2. The molecule has 0 fully saturated rings. The average Bonchev–Trinajstić information content (AvgIpc) is 3.56. The Morgan fingerprint density at radius 3 is 2.37 bits per heavy atom. The van der Waals surface area contributed by atoms with Crippen LogP contribution >= 0.6 is 0 Å². The van der Waals surface area contributed by atoms with Crippen LogP contribution in [0.5, 0.6) is 11.5 Å². The molecule has 7 rings (SSSR count). The van der Waals surface area contributed by atoms with Crippen LogP contribution in [-0.2, 0) is 33.9 Å².